The molecule has 2 rings (SSSR count). The number of fused-ring (bicyclic) bond motifs is 1. The quantitative estimate of drug-likeness (QED) is 0.743. The van der Waals surface area contributed by atoms with Gasteiger partial charge in [0.05, 0.1) is 12.7 Å². The lowest BCUT2D eigenvalue weighted by molar-refractivity contribution is -0.151. The summed E-state index contributed by atoms with van der Waals surface area (Å²) in [6.45, 7) is 0. The number of cyclic esters (lactones) is 1. The van der Waals surface area contributed by atoms with Gasteiger partial charge in [-0.1, -0.05) is 15.9 Å². The van der Waals surface area contributed by atoms with E-state index < -0.39 is 23.9 Å². The molecule has 1 atom stereocenters. The molecule has 90 valence electrons. The van der Waals surface area contributed by atoms with Crippen molar-refractivity contribution in [2.45, 2.75) is 12.5 Å². The predicted molar refractivity (Wildman–Crippen MR) is 59.0 cm³/mol. The summed E-state index contributed by atoms with van der Waals surface area (Å²) < 4.78 is 23.4. The summed E-state index contributed by atoms with van der Waals surface area (Å²) in [5.74, 6) is -1.95. The van der Waals surface area contributed by atoms with Gasteiger partial charge in [0.1, 0.15) is 5.82 Å². The Bertz CT molecular complexity index is 500. The summed E-state index contributed by atoms with van der Waals surface area (Å²) in [5.41, 5.74) is 0.317. The number of carbonyl (C=O) groups is 2. The van der Waals surface area contributed by atoms with Crippen molar-refractivity contribution in [3.8, 4) is 0 Å². The summed E-state index contributed by atoms with van der Waals surface area (Å²) in [5, 5.41) is 0. The number of methoxy groups -OCH3 is 1. The van der Waals surface area contributed by atoms with Gasteiger partial charge in [0, 0.05) is 16.5 Å². The summed E-state index contributed by atoms with van der Waals surface area (Å²) >= 11 is 3.09. The molecular formula is C11H8BrFO4. The van der Waals surface area contributed by atoms with Crippen molar-refractivity contribution in [3.63, 3.8) is 0 Å². The Morgan fingerprint density at radius 1 is 1.59 bits per heavy atom. The third-order valence-corrected chi connectivity index (χ3v) is 2.94. The van der Waals surface area contributed by atoms with Crippen LogP contribution in [0.2, 0.25) is 0 Å². The molecule has 6 heteroatoms. The van der Waals surface area contributed by atoms with Crippen LogP contribution in [0.15, 0.2) is 16.6 Å². The molecule has 1 aromatic carbocycles. The van der Waals surface area contributed by atoms with Gasteiger partial charge in [-0.2, -0.15) is 0 Å². The fraction of sp³-hybridized carbons (Fsp3) is 0.273. The summed E-state index contributed by atoms with van der Waals surface area (Å²) in [6.07, 6.45) is -1.08. The van der Waals surface area contributed by atoms with Crippen molar-refractivity contribution in [2.24, 2.45) is 0 Å². The van der Waals surface area contributed by atoms with Gasteiger partial charge in [-0.15, -0.1) is 0 Å². The Balaban J connectivity index is 2.43. The Morgan fingerprint density at radius 3 is 2.94 bits per heavy atom. The Kier molecular flexibility index (Phi) is 3.15. The molecular weight excluding hydrogens is 295 g/mol. The Hall–Kier alpha value is -1.43. The van der Waals surface area contributed by atoms with Gasteiger partial charge in [-0.3, -0.25) is 0 Å². The number of benzene rings is 1. The summed E-state index contributed by atoms with van der Waals surface area (Å²) in [6, 6.07) is 2.71. The molecule has 0 fully saturated rings. The molecule has 1 unspecified atom stereocenters. The molecule has 0 radical (unpaired) electrons. The van der Waals surface area contributed by atoms with E-state index in [2.05, 4.69) is 20.7 Å². The fourth-order valence-electron chi connectivity index (χ4n) is 1.68. The van der Waals surface area contributed by atoms with Crippen LogP contribution in [0.4, 0.5) is 4.39 Å². The van der Waals surface area contributed by atoms with E-state index in [9.17, 15) is 14.0 Å². The molecule has 0 saturated heterocycles. The van der Waals surface area contributed by atoms with E-state index in [1.165, 1.54) is 19.2 Å². The van der Waals surface area contributed by atoms with E-state index in [0.717, 1.165) is 0 Å². The predicted octanol–water partition coefficient (Wildman–Crippen LogP) is 1.84. The topological polar surface area (TPSA) is 52.6 Å². The largest absolute Gasteiger partial charge is 0.466 e. The Morgan fingerprint density at radius 2 is 2.29 bits per heavy atom. The van der Waals surface area contributed by atoms with Crippen molar-refractivity contribution in [1.29, 1.82) is 0 Å². The molecule has 0 saturated carbocycles. The molecule has 0 bridgehead atoms. The summed E-state index contributed by atoms with van der Waals surface area (Å²) in [4.78, 5) is 22.9. The highest BCUT2D eigenvalue weighted by Crippen LogP contribution is 2.27. The van der Waals surface area contributed by atoms with Crippen LogP contribution in [-0.2, 0) is 20.7 Å². The fourth-order valence-corrected chi connectivity index (χ4v) is 2.11. The van der Waals surface area contributed by atoms with Gasteiger partial charge < -0.3 is 9.47 Å². The zero-order chi connectivity index (χ0) is 12.6. The van der Waals surface area contributed by atoms with Crippen LogP contribution in [0, 0.1) is 5.82 Å². The van der Waals surface area contributed by atoms with E-state index >= 15 is 0 Å². The second-order valence-corrected chi connectivity index (χ2v) is 4.45. The molecule has 0 aliphatic carbocycles. The first-order valence-corrected chi connectivity index (χ1v) is 5.59. The van der Waals surface area contributed by atoms with E-state index in [1.807, 2.05) is 0 Å². The third kappa shape index (κ3) is 2.17. The van der Waals surface area contributed by atoms with Gasteiger partial charge in [-0.05, 0) is 12.1 Å². The van der Waals surface area contributed by atoms with Crippen molar-refractivity contribution in [1.82, 2.24) is 0 Å². The molecule has 1 aliphatic rings. The van der Waals surface area contributed by atoms with Crippen molar-refractivity contribution >= 4 is 27.9 Å². The number of rotatable bonds is 1. The highest BCUT2D eigenvalue weighted by molar-refractivity contribution is 9.10. The highest BCUT2D eigenvalue weighted by Gasteiger charge is 2.34. The third-order valence-electron chi connectivity index (χ3n) is 2.48. The zero-order valence-electron chi connectivity index (χ0n) is 8.83. The Labute approximate surface area is 105 Å². The number of ether oxygens (including phenoxy) is 2. The van der Waals surface area contributed by atoms with Crippen LogP contribution < -0.4 is 0 Å². The lowest BCUT2D eigenvalue weighted by Gasteiger charge is -2.23. The highest BCUT2D eigenvalue weighted by atomic mass is 79.9. The maximum Gasteiger partial charge on any atom is 0.347 e. The minimum Gasteiger partial charge on any atom is -0.466 e. The lowest BCUT2D eigenvalue weighted by Crippen LogP contribution is -2.35. The zero-order valence-corrected chi connectivity index (χ0v) is 10.4. The molecule has 0 spiro atoms. The molecule has 17 heavy (non-hydrogen) atoms. The van der Waals surface area contributed by atoms with Crippen LogP contribution in [0.3, 0.4) is 0 Å². The maximum absolute atomic E-state index is 13.7. The first kappa shape index (κ1) is 12.0. The van der Waals surface area contributed by atoms with Gasteiger partial charge >= 0.3 is 11.9 Å². The summed E-state index contributed by atoms with van der Waals surface area (Å²) in [7, 11) is 1.18. The van der Waals surface area contributed by atoms with Crippen molar-refractivity contribution < 1.29 is 23.5 Å². The number of halogens is 2. The second kappa shape index (κ2) is 4.44. The van der Waals surface area contributed by atoms with Gasteiger partial charge in [0.15, 0.2) is 0 Å². The molecule has 0 aromatic heterocycles. The SMILES string of the molecule is COC(=O)C1Cc2c(F)cc(Br)cc2C(=O)O1. The van der Waals surface area contributed by atoms with E-state index in [0.29, 0.717) is 4.47 Å². The molecule has 0 N–H and O–H groups in total. The first-order valence-electron chi connectivity index (χ1n) is 4.79. The molecule has 1 heterocycles. The number of hydrogen-bond acceptors (Lipinski definition) is 4. The lowest BCUT2D eigenvalue weighted by atomic mass is 9.98. The van der Waals surface area contributed by atoms with Gasteiger partial charge in [0.2, 0.25) is 6.10 Å². The van der Waals surface area contributed by atoms with Crippen molar-refractivity contribution in [3.05, 3.63) is 33.5 Å². The van der Waals surface area contributed by atoms with Crippen LogP contribution in [-0.4, -0.2) is 25.2 Å². The van der Waals surface area contributed by atoms with Crippen LogP contribution in [0.25, 0.3) is 0 Å². The average molecular weight is 303 g/mol. The minimum atomic E-state index is -1.07. The smallest absolute Gasteiger partial charge is 0.347 e. The maximum atomic E-state index is 13.7. The van der Waals surface area contributed by atoms with Crippen molar-refractivity contribution in [2.75, 3.05) is 7.11 Å². The van der Waals surface area contributed by atoms with Crippen LogP contribution in [0.1, 0.15) is 15.9 Å². The van der Waals surface area contributed by atoms with Gasteiger partial charge in [-0.25, -0.2) is 14.0 Å². The molecule has 1 aliphatic heterocycles. The second-order valence-electron chi connectivity index (χ2n) is 3.53. The molecule has 4 nitrogen and oxygen atoms in total. The number of esters is 2. The number of hydrogen-bond donors (Lipinski definition) is 0. The first-order chi connectivity index (χ1) is 8.02. The van der Waals surface area contributed by atoms with Crippen LogP contribution >= 0.6 is 15.9 Å². The normalized spacial score (nSPS) is 18.3. The monoisotopic (exact) mass is 302 g/mol. The standard InChI is InChI=1S/C11H8BrFO4/c1-16-11(15)9-4-6-7(10(14)17-9)2-5(12)3-8(6)13/h2-3,9H,4H2,1H3. The molecule has 0 amide bonds. The van der Waals surface area contributed by atoms with Gasteiger partial charge in [0.25, 0.3) is 0 Å². The van der Waals surface area contributed by atoms with Crippen LogP contribution in [0.5, 0.6) is 0 Å². The number of carbonyl (C=O) groups excluding carboxylic acids is 2. The van der Waals surface area contributed by atoms with E-state index in [1.54, 1.807) is 0 Å². The van der Waals surface area contributed by atoms with E-state index in [-0.39, 0.29) is 17.5 Å². The molecule has 1 aromatic rings. The average Bonchev–Trinajstić information content (AvgIpc) is 2.29. The van der Waals surface area contributed by atoms with E-state index in [4.69, 9.17) is 4.74 Å². The minimum absolute atomic E-state index is 0.00708.